The zero-order valence-electron chi connectivity index (χ0n) is 16.6. The average molecular weight is 375 g/mol. The van der Waals surface area contributed by atoms with E-state index in [-0.39, 0.29) is 11.8 Å². The number of ether oxygens (including phenoxy) is 1. The van der Waals surface area contributed by atoms with Gasteiger partial charge in [0.2, 0.25) is 5.91 Å². The molecule has 0 unspecified atom stereocenters. The normalized spacial score (nSPS) is 22.6. The van der Waals surface area contributed by atoms with E-state index < -0.39 is 0 Å². The second kappa shape index (κ2) is 10.7. The summed E-state index contributed by atoms with van der Waals surface area (Å²) >= 11 is 0. The average Bonchev–Trinajstić information content (AvgIpc) is 2.72. The first-order valence-corrected chi connectivity index (χ1v) is 10.4. The van der Waals surface area contributed by atoms with Crippen LogP contribution in [0.2, 0.25) is 0 Å². The number of carbonyl (C=O) groups is 1. The molecular weight excluding hydrogens is 340 g/mol. The van der Waals surface area contributed by atoms with Crippen molar-refractivity contribution >= 4 is 5.91 Å². The minimum Gasteiger partial charge on any atom is -0.385 e. The molecule has 1 amide bonds. The highest BCUT2D eigenvalue weighted by Crippen LogP contribution is 2.24. The molecule has 0 spiro atoms. The third-order valence-electron chi connectivity index (χ3n) is 5.88. The molecule has 2 fully saturated rings. The maximum atomic E-state index is 12.5. The molecule has 3 rings (SSSR count). The lowest BCUT2D eigenvalue weighted by Gasteiger charge is -2.42. The SMILES string of the molecule is COCCCNC(=O)[C@H]1CCCN(C2CCN(Cc3ccncc3)CC2)C1. The van der Waals surface area contributed by atoms with Crippen LogP contribution in [0.1, 0.15) is 37.7 Å². The molecular formula is C21H34N4O2. The molecule has 1 N–H and O–H groups in total. The van der Waals surface area contributed by atoms with Crippen molar-refractivity contribution in [2.45, 2.75) is 44.7 Å². The molecule has 1 aromatic heterocycles. The Kier molecular flexibility index (Phi) is 8.05. The van der Waals surface area contributed by atoms with E-state index in [1.165, 1.54) is 18.4 Å². The Morgan fingerprint density at radius 3 is 2.74 bits per heavy atom. The van der Waals surface area contributed by atoms with Gasteiger partial charge in [-0.2, -0.15) is 0 Å². The molecule has 0 saturated carbocycles. The summed E-state index contributed by atoms with van der Waals surface area (Å²) in [4.78, 5) is 21.7. The van der Waals surface area contributed by atoms with E-state index in [1.54, 1.807) is 7.11 Å². The van der Waals surface area contributed by atoms with Crippen molar-refractivity contribution in [3.8, 4) is 0 Å². The zero-order chi connectivity index (χ0) is 18.9. The molecule has 3 heterocycles. The van der Waals surface area contributed by atoms with Gasteiger partial charge in [0.15, 0.2) is 0 Å². The van der Waals surface area contributed by atoms with Crippen LogP contribution in [0.3, 0.4) is 0 Å². The molecule has 6 nitrogen and oxygen atoms in total. The number of pyridine rings is 1. The highest BCUT2D eigenvalue weighted by Gasteiger charge is 2.31. The molecule has 1 atom stereocenters. The van der Waals surface area contributed by atoms with Gasteiger partial charge in [-0.3, -0.25) is 19.6 Å². The minimum atomic E-state index is 0.149. The second-order valence-electron chi connectivity index (χ2n) is 7.83. The van der Waals surface area contributed by atoms with Crippen LogP contribution in [0, 0.1) is 5.92 Å². The number of aromatic nitrogens is 1. The van der Waals surface area contributed by atoms with Crippen molar-refractivity contribution in [3.05, 3.63) is 30.1 Å². The van der Waals surface area contributed by atoms with Gasteiger partial charge < -0.3 is 10.1 Å². The molecule has 0 aliphatic carbocycles. The van der Waals surface area contributed by atoms with E-state index in [1.807, 2.05) is 12.4 Å². The van der Waals surface area contributed by atoms with Crippen molar-refractivity contribution in [1.29, 1.82) is 0 Å². The lowest BCUT2D eigenvalue weighted by molar-refractivity contribution is -0.127. The minimum absolute atomic E-state index is 0.149. The lowest BCUT2D eigenvalue weighted by Crippen LogP contribution is -2.50. The molecule has 2 aliphatic heterocycles. The molecule has 0 aromatic carbocycles. The molecule has 150 valence electrons. The van der Waals surface area contributed by atoms with Crippen LogP contribution in [0.15, 0.2) is 24.5 Å². The summed E-state index contributed by atoms with van der Waals surface area (Å²) in [6.07, 6.45) is 9.18. The number of hydrogen-bond donors (Lipinski definition) is 1. The Hall–Kier alpha value is -1.50. The van der Waals surface area contributed by atoms with E-state index in [0.29, 0.717) is 12.6 Å². The quantitative estimate of drug-likeness (QED) is 0.705. The lowest BCUT2D eigenvalue weighted by atomic mass is 9.93. The zero-order valence-corrected chi connectivity index (χ0v) is 16.6. The van der Waals surface area contributed by atoms with Gasteiger partial charge in [-0.15, -0.1) is 0 Å². The van der Waals surface area contributed by atoms with Gasteiger partial charge >= 0.3 is 0 Å². The predicted octanol–water partition coefficient (Wildman–Crippen LogP) is 1.91. The molecule has 6 heteroatoms. The Morgan fingerprint density at radius 2 is 2.00 bits per heavy atom. The highest BCUT2D eigenvalue weighted by molar-refractivity contribution is 5.78. The summed E-state index contributed by atoms with van der Waals surface area (Å²) in [6.45, 7) is 6.77. The van der Waals surface area contributed by atoms with Gasteiger partial charge in [0.1, 0.15) is 0 Å². The first-order chi connectivity index (χ1) is 13.3. The van der Waals surface area contributed by atoms with Gasteiger partial charge in [-0.25, -0.2) is 0 Å². The van der Waals surface area contributed by atoms with E-state index in [0.717, 1.165) is 58.5 Å². The third-order valence-corrected chi connectivity index (χ3v) is 5.88. The monoisotopic (exact) mass is 374 g/mol. The first kappa shape index (κ1) is 20.2. The van der Waals surface area contributed by atoms with Crippen molar-refractivity contribution < 1.29 is 9.53 Å². The van der Waals surface area contributed by atoms with Crippen LogP contribution >= 0.6 is 0 Å². The summed E-state index contributed by atoms with van der Waals surface area (Å²) in [5.74, 6) is 0.377. The summed E-state index contributed by atoms with van der Waals surface area (Å²) in [7, 11) is 1.70. The van der Waals surface area contributed by atoms with Crippen LogP contribution < -0.4 is 5.32 Å². The number of rotatable bonds is 8. The third kappa shape index (κ3) is 6.26. The number of hydrogen-bond acceptors (Lipinski definition) is 5. The van der Waals surface area contributed by atoms with Crippen molar-refractivity contribution in [3.63, 3.8) is 0 Å². The van der Waals surface area contributed by atoms with Crippen LogP contribution in [0.4, 0.5) is 0 Å². The molecule has 2 saturated heterocycles. The number of likely N-dealkylation sites (tertiary alicyclic amines) is 2. The predicted molar refractivity (Wildman–Crippen MR) is 106 cm³/mol. The van der Waals surface area contributed by atoms with Crippen LogP contribution in [0.25, 0.3) is 0 Å². The summed E-state index contributed by atoms with van der Waals surface area (Å²) in [5.41, 5.74) is 1.34. The molecule has 27 heavy (non-hydrogen) atoms. The number of nitrogens with zero attached hydrogens (tertiary/aromatic N) is 3. The molecule has 0 bridgehead atoms. The van der Waals surface area contributed by atoms with E-state index >= 15 is 0 Å². The number of piperidine rings is 2. The maximum absolute atomic E-state index is 12.5. The summed E-state index contributed by atoms with van der Waals surface area (Å²) in [6, 6.07) is 4.84. The van der Waals surface area contributed by atoms with Gasteiger partial charge in [0.05, 0.1) is 5.92 Å². The van der Waals surface area contributed by atoms with Gasteiger partial charge in [0, 0.05) is 51.8 Å². The largest absolute Gasteiger partial charge is 0.385 e. The van der Waals surface area contributed by atoms with Gasteiger partial charge in [0.25, 0.3) is 0 Å². The van der Waals surface area contributed by atoms with Crippen LogP contribution in [-0.4, -0.2) is 73.2 Å². The Bertz CT molecular complexity index is 561. The summed E-state index contributed by atoms with van der Waals surface area (Å²) < 4.78 is 5.05. The number of carbonyl (C=O) groups excluding carboxylic acids is 1. The van der Waals surface area contributed by atoms with E-state index in [2.05, 4.69) is 32.2 Å². The van der Waals surface area contributed by atoms with Gasteiger partial charge in [-0.1, -0.05) is 0 Å². The van der Waals surface area contributed by atoms with E-state index in [4.69, 9.17) is 4.74 Å². The van der Waals surface area contributed by atoms with Crippen molar-refractivity contribution in [2.75, 3.05) is 46.4 Å². The Morgan fingerprint density at radius 1 is 1.22 bits per heavy atom. The smallest absolute Gasteiger partial charge is 0.224 e. The summed E-state index contributed by atoms with van der Waals surface area (Å²) in [5, 5.41) is 3.09. The first-order valence-electron chi connectivity index (χ1n) is 10.4. The molecule has 1 aromatic rings. The Balaban J connectivity index is 1.40. The topological polar surface area (TPSA) is 57.7 Å². The van der Waals surface area contributed by atoms with Crippen molar-refractivity contribution in [1.82, 2.24) is 20.1 Å². The Labute approximate surface area is 163 Å². The molecule has 2 aliphatic rings. The highest BCUT2D eigenvalue weighted by atomic mass is 16.5. The van der Waals surface area contributed by atoms with Crippen LogP contribution in [0.5, 0.6) is 0 Å². The van der Waals surface area contributed by atoms with Crippen molar-refractivity contribution in [2.24, 2.45) is 5.92 Å². The van der Waals surface area contributed by atoms with Crippen LogP contribution in [-0.2, 0) is 16.1 Å². The van der Waals surface area contributed by atoms with E-state index in [9.17, 15) is 4.79 Å². The second-order valence-corrected chi connectivity index (χ2v) is 7.83. The number of nitrogens with one attached hydrogen (secondary N) is 1. The fourth-order valence-corrected chi connectivity index (χ4v) is 4.31. The standard InChI is InChI=1S/C21H34N4O2/c1-27-15-3-9-23-21(26)19-4-2-12-25(17-19)20-7-13-24(14-8-20)16-18-5-10-22-11-6-18/h5-6,10-11,19-20H,2-4,7-9,12-17H2,1H3,(H,23,26)/t19-/m0/s1. The van der Waals surface area contributed by atoms with Gasteiger partial charge in [-0.05, 0) is 69.4 Å². The molecule has 0 radical (unpaired) electrons. The number of methoxy groups -OCH3 is 1. The fourth-order valence-electron chi connectivity index (χ4n) is 4.31. The maximum Gasteiger partial charge on any atom is 0.224 e. The number of amides is 1. The fraction of sp³-hybridized carbons (Fsp3) is 0.714.